The molecular formula is C14H19BrN2O4. The maximum Gasteiger partial charge on any atom is 0.312 e. The van der Waals surface area contributed by atoms with E-state index in [0.29, 0.717) is 17.1 Å². The molecule has 0 bridgehead atoms. The highest BCUT2D eigenvalue weighted by molar-refractivity contribution is 9.10. The number of carboxylic acid groups (broad SMARTS) is 1. The van der Waals surface area contributed by atoms with E-state index in [0.717, 1.165) is 17.6 Å². The molecule has 1 aliphatic rings. The van der Waals surface area contributed by atoms with Gasteiger partial charge in [0.2, 0.25) is 0 Å². The van der Waals surface area contributed by atoms with Crippen LogP contribution in [0.15, 0.2) is 16.6 Å². The summed E-state index contributed by atoms with van der Waals surface area (Å²) in [5.41, 5.74) is 6.15. The summed E-state index contributed by atoms with van der Waals surface area (Å²) in [6.07, 6.45) is 0.0380. The van der Waals surface area contributed by atoms with E-state index in [9.17, 15) is 9.90 Å². The summed E-state index contributed by atoms with van der Waals surface area (Å²) in [4.78, 5) is 13.5. The fraction of sp³-hybridized carbons (Fsp3) is 0.500. The second kappa shape index (κ2) is 6.64. The van der Waals surface area contributed by atoms with Gasteiger partial charge >= 0.3 is 5.97 Å². The first kappa shape index (κ1) is 16.1. The molecule has 0 saturated carbocycles. The van der Waals surface area contributed by atoms with E-state index >= 15 is 0 Å². The van der Waals surface area contributed by atoms with E-state index < -0.39 is 11.9 Å². The minimum Gasteiger partial charge on any atom is -0.493 e. The Morgan fingerprint density at radius 3 is 2.71 bits per heavy atom. The fourth-order valence-electron chi connectivity index (χ4n) is 2.37. The Balaban J connectivity index is 2.40. The van der Waals surface area contributed by atoms with Crippen LogP contribution in [0.3, 0.4) is 0 Å². The van der Waals surface area contributed by atoms with Crippen molar-refractivity contribution in [2.45, 2.75) is 12.0 Å². The lowest BCUT2D eigenvalue weighted by atomic mass is 9.97. The molecule has 0 aromatic heterocycles. The Morgan fingerprint density at radius 2 is 2.24 bits per heavy atom. The molecule has 1 aliphatic heterocycles. The lowest BCUT2D eigenvalue weighted by Crippen LogP contribution is -2.51. The van der Waals surface area contributed by atoms with Gasteiger partial charge in [-0.1, -0.05) is 15.9 Å². The number of hydrogen-bond acceptors (Lipinski definition) is 5. The quantitative estimate of drug-likeness (QED) is 0.796. The van der Waals surface area contributed by atoms with Crippen molar-refractivity contribution in [3.8, 4) is 11.5 Å². The number of nitrogens with two attached hydrogens (primary N) is 1. The van der Waals surface area contributed by atoms with Crippen LogP contribution in [0.1, 0.15) is 11.5 Å². The summed E-state index contributed by atoms with van der Waals surface area (Å²) in [6.45, 7) is 1.61. The highest BCUT2D eigenvalue weighted by Crippen LogP contribution is 2.40. The minimum atomic E-state index is -0.978. The molecule has 0 spiro atoms. The molecule has 0 aliphatic carbocycles. The van der Waals surface area contributed by atoms with Crippen LogP contribution in [0, 0.1) is 0 Å². The van der Waals surface area contributed by atoms with Gasteiger partial charge in [-0.05, 0) is 19.2 Å². The molecule has 7 heteroatoms. The normalized spacial score (nSPS) is 17.1. The molecule has 1 aromatic rings. The maximum atomic E-state index is 11.4. The van der Waals surface area contributed by atoms with Gasteiger partial charge in [0.05, 0.1) is 13.0 Å². The molecule has 21 heavy (non-hydrogen) atoms. The number of ether oxygens (including phenoxy) is 2. The number of benzene rings is 1. The highest BCUT2D eigenvalue weighted by atomic mass is 79.9. The SMILES string of the molecule is COc1cc(Br)cc(C(CN)C(=O)O)c1OC1CN(C)C1. The molecule has 1 heterocycles. The van der Waals surface area contributed by atoms with Gasteiger partial charge in [-0.3, -0.25) is 9.69 Å². The van der Waals surface area contributed by atoms with Crippen LogP contribution >= 0.6 is 15.9 Å². The first-order valence-electron chi connectivity index (χ1n) is 6.61. The maximum absolute atomic E-state index is 11.4. The lowest BCUT2D eigenvalue weighted by molar-refractivity contribution is -0.138. The van der Waals surface area contributed by atoms with Crippen LogP contribution in [0.2, 0.25) is 0 Å². The molecule has 1 fully saturated rings. The predicted molar refractivity (Wildman–Crippen MR) is 82.0 cm³/mol. The zero-order chi connectivity index (χ0) is 15.6. The van der Waals surface area contributed by atoms with Crippen molar-refractivity contribution in [2.24, 2.45) is 5.73 Å². The van der Waals surface area contributed by atoms with Crippen molar-refractivity contribution in [1.82, 2.24) is 4.90 Å². The molecule has 3 N–H and O–H groups in total. The third kappa shape index (κ3) is 3.48. The van der Waals surface area contributed by atoms with Crippen LogP contribution in [0.5, 0.6) is 11.5 Å². The van der Waals surface area contributed by atoms with Crippen LogP contribution in [0.4, 0.5) is 0 Å². The van der Waals surface area contributed by atoms with Crippen molar-refractivity contribution < 1.29 is 19.4 Å². The molecular weight excluding hydrogens is 340 g/mol. The van der Waals surface area contributed by atoms with Crippen LogP contribution in [-0.2, 0) is 4.79 Å². The summed E-state index contributed by atoms with van der Waals surface area (Å²) >= 11 is 3.36. The largest absolute Gasteiger partial charge is 0.493 e. The van der Waals surface area contributed by atoms with E-state index in [4.69, 9.17) is 15.2 Å². The second-order valence-electron chi connectivity index (χ2n) is 5.11. The van der Waals surface area contributed by atoms with Gasteiger partial charge < -0.3 is 20.3 Å². The standard InChI is InChI=1S/C14H19BrN2O4/c1-17-6-9(7-17)21-13-10(11(5-16)14(18)19)3-8(15)4-12(13)20-2/h3-4,9,11H,5-7,16H2,1-2H3,(H,18,19). The van der Waals surface area contributed by atoms with Gasteiger partial charge in [-0.15, -0.1) is 0 Å². The number of carbonyl (C=O) groups is 1. The molecule has 1 aromatic carbocycles. The van der Waals surface area contributed by atoms with Crippen LogP contribution in [-0.4, -0.2) is 55.9 Å². The molecule has 1 unspecified atom stereocenters. The molecule has 0 amide bonds. The number of carboxylic acids is 1. The van der Waals surface area contributed by atoms with Crippen molar-refractivity contribution in [3.63, 3.8) is 0 Å². The second-order valence-corrected chi connectivity index (χ2v) is 6.03. The third-order valence-electron chi connectivity index (χ3n) is 3.49. The van der Waals surface area contributed by atoms with Gasteiger partial charge in [-0.25, -0.2) is 0 Å². The van der Waals surface area contributed by atoms with Gasteiger partial charge in [0.15, 0.2) is 11.5 Å². The summed E-state index contributed by atoms with van der Waals surface area (Å²) in [6, 6.07) is 3.49. The summed E-state index contributed by atoms with van der Waals surface area (Å²) in [5, 5.41) is 9.35. The summed E-state index contributed by atoms with van der Waals surface area (Å²) in [7, 11) is 3.53. The van der Waals surface area contributed by atoms with Gasteiger partial charge in [0.25, 0.3) is 0 Å². The van der Waals surface area contributed by atoms with E-state index in [1.54, 1.807) is 12.1 Å². The van der Waals surface area contributed by atoms with Gasteiger partial charge in [0.1, 0.15) is 6.10 Å². The molecule has 6 nitrogen and oxygen atoms in total. The number of likely N-dealkylation sites (tertiary alicyclic amines) is 1. The smallest absolute Gasteiger partial charge is 0.312 e. The zero-order valence-corrected chi connectivity index (χ0v) is 13.6. The van der Waals surface area contributed by atoms with Crippen LogP contribution in [0.25, 0.3) is 0 Å². The number of likely N-dealkylation sites (N-methyl/N-ethyl adjacent to an activating group) is 1. The average Bonchev–Trinajstić information content (AvgIpc) is 2.39. The average molecular weight is 359 g/mol. The Hall–Kier alpha value is -1.31. The minimum absolute atomic E-state index is 0.00410. The zero-order valence-electron chi connectivity index (χ0n) is 12.0. The Morgan fingerprint density at radius 1 is 1.57 bits per heavy atom. The monoisotopic (exact) mass is 358 g/mol. The number of halogens is 1. The molecule has 1 atom stereocenters. The van der Waals surface area contributed by atoms with Crippen LogP contribution < -0.4 is 15.2 Å². The number of nitrogens with zero attached hydrogens (tertiary/aromatic N) is 1. The van der Waals surface area contributed by atoms with Crippen molar-refractivity contribution >= 4 is 21.9 Å². The number of hydrogen-bond donors (Lipinski definition) is 2. The van der Waals surface area contributed by atoms with E-state index in [2.05, 4.69) is 20.8 Å². The summed E-state index contributed by atoms with van der Waals surface area (Å²) in [5.74, 6) is -0.831. The fourth-order valence-corrected chi connectivity index (χ4v) is 2.82. The molecule has 1 saturated heterocycles. The van der Waals surface area contributed by atoms with Gasteiger partial charge in [-0.2, -0.15) is 0 Å². The highest BCUT2D eigenvalue weighted by Gasteiger charge is 2.30. The molecule has 2 rings (SSSR count). The topological polar surface area (TPSA) is 85.0 Å². The van der Waals surface area contributed by atoms with E-state index in [1.165, 1.54) is 7.11 Å². The number of rotatable bonds is 6. The Bertz CT molecular complexity index is 532. The number of aliphatic carboxylic acids is 1. The lowest BCUT2D eigenvalue weighted by Gasteiger charge is -2.37. The van der Waals surface area contributed by atoms with E-state index in [-0.39, 0.29) is 12.6 Å². The van der Waals surface area contributed by atoms with E-state index in [1.807, 2.05) is 7.05 Å². The first-order chi connectivity index (χ1) is 9.96. The Labute approximate surface area is 131 Å². The Kier molecular flexibility index (Phi) is 5.08. The first-order valence-corrected chi connectivity index (χ1v) is 7.41. The third-order valence-corrected chi connectivity index (χ3v) is 3.95. The predicted octanol–water partition coefficient (Wildman–Crippen LogP) is 1.28. The van der Waals surface area contributed by atoms with Crippen molar-refractivity contribution in [1.29, 1.82) is 0 Å². The van der Waals surface area contributed by atoms with Crippen molar-refractivity contribution in [2.75, 3.05) is 33.8 Å². The molecule has 116 valence electrons. The molecule has 0 radical (unpaired) electrons. The number of methoxy groups -OCH3 is 1. The summed E-state index contributed by atoms with van der Waals surface area (Å²) < 4.78 is 12.0. The van der Waals surface area contributed by atoms with Gasteiger partial charge in [0, 0.05) is 29.7 Å². The van der Waals surface area contributed by atoms with Crippen molar-refractivity contribution in [3.05, 3.63) is 22.2 Å².